The molecule has 1 N–H and O–H groups in total. The number of benzene rings is 3. The van der Waals surface area contributed by atoms with Crippen LogP contribution in [-0.4, -0.2) is 45.3 Å². The third kappa shape index (κ3) is 5.12. The second-order valence-corrected chi connectivity index (χ2v) is 10.2. The van der Waals surface area contributed by atoms with Crippen LogP contribution in [-0.2, 0) is 14.8 Å². The SMILES string of the molecule is CN(c1ccccc1)S(=O)(=O)c1ccc(C(=O)N2CCCC(C(=O)Nc3ccccc3)C2)cc1. The van der Waals surface area contributed by atoms with E-state index in [0.29, 0.717) is 30.8 Å². The summed E-state index contributed by atoms with van der Waals surface area (Å²) in [5, 5.41) is 2.91. The average Bonchev–Trinajstić information content (AvgIpc) is 2.89. The molecule has 0 aromatic heterocycles. The molecule has 1 atom stereocenters. The van der Waals surface area contributed by atoms with Gasteiger partial charge >= 0.3 is 0 Å². The molecule has 7 nitrogen and oxygen atoms in total. The van der Waals surface area contributed by atoms with Gasteiger partial charge in [0, 0.05) is 31.4 Å². The Morgan fingerprint density at radius 2 is 1.53 bits per heavy atom. The maximum Gasteiger partial charge on any atom is 0.264 e. The van der Waals surface area contributed by atoms with Crippen LogP contribution in [0.4, 0.5) is 11.4 Å². The molecule has 0 bridgehead atoms. The molecule has 1 fully saturated rings. The summed E-state index contributed by atoms with van der Waals surface area (Å²) in [5.74, 6) is -0.608. The summed E-state index contributed by atoms with van der Waals surface area (Å²) in [6.07, 6.45) is 1.44. The molecule has 4 rings (SSSR count). The molecule has 0 aliphatic carbocycles. The Balaban J connectivity index is 1.43. The number of likely N-dealkylation sites (tertiary alicyclic amines) is 1. The van der Waals surface area contributed by atoms with Crippen molar-refractivity contribution >= 4 is 33.2 Å². The van der Waals surface area contributed by atoms with E-state index in [2.05, 4.69) is 5.32 Å². The van der Waals surface area contributed by atoms with Crippen molar-refractivity contribution in [2.24, 2.45) is 5.92 Å². The summed E-state index contributed by atoms with van der Waals surface area (Å²) in [5.41, 5.74) is 1.68. The van der Waals surface area contributed by atoms with Gasteiger partial charge in [-0.15, -0.1) is 0 Å². The van der Waals surface area contributed by atoms with Crippen LogP contribution < -0.4 is 9.62 Å². The number of piperidine rings is 1. The molecule has 0 saturated carbocycles. The van der Waals surface area contributed by atoms with Gasteiger partial charge < -0.3 is 10.2 Å². The fraction of sp³-hybridized carbons (Fsp3) is 0.231. The zero-order valence-corrected chi connectivity index (χ0v) is 19.7. The summed E-state index contributed by atoms with van der Waals surface area (Å²) >= 11 is 0. The van der Waals surface area contributed by atoms with E-state index < -0.39 is 10.0 Å². The van der Waals surface area contributed by atoms with Crippen molar-refractivity contribution in [1.82, 2.24) is 4.90 Å². The molecule has 0 spiro atoms. The summed E-state index contributed by atoms with van der Waals surface area (Å²) in [4.78, 5) is 27.5. The minimum Gasteiger partial charge on any atom is -0.338 e. The van der Waals surface area contributed by atoms with Gasteiger partial charge in [-0.2, -0.15) is 0 Å². The lowest BCUT2D eigenvalue weighted by molar-refractivity contribution is -0.121. The maximum atomic E-state index is 13.1. The van der Waals surface area contributed by atoms with Crippen molar-refractivity contribution in [3.8, 4) is 0 Å². The van der Waals surface area contributed by atoms with Crippen molar-refractivity contribution in [1.29, 1.82) is 0 Å². The first kappa shape index (κ1) is 23.5. The van der Waals surface area contributed by atoms with E-state index in [0.717, 1.165) is 12.1 Å². The summed E-state index contributed by atoms with van der Waals surface area (Å²) in [6.45, 7) is 0.888. The van der Waals surface area contributed by atoms with Gasteiger partial charge in [-0.3, -0.25) is 13.9 Å². The van der Waals surface area contributed by atoms with Crippen molar-refractivity contribution in [2.45, 2.75) is 17.7 Å². The highest BCUT2D eigenvalue weighted by atomic mass is 32.2. The van der Waals surface area contributed by atoms with Crippen LogP contribution in [0.15, 0.2) is 89.8 Å². The Bertz CT molecular complexity index is 1250. The number of sulfonamides is 1. The first-order valence-corrected chi connectivity index (χ1v) is 12.6. The molecule has 176 valence electrons. The summed E-state index contributed by atoms with van der Waals surface area (Å²) in [6, 6.07) is 24.0. The first-order chi connectivity index (χ1) is 16.4. The third-order valence-electron chi connectivity index (χ3n) is 6.00. The molecule has 34 heavy (non-hydrogen) atoms. The lowest BCUT2D eigenvalue weighted by atomic mass is 9.96. The van der Waals surface area contributed by atoms with Gasteiger partial charge in [-0.25, -0.2) is 8.42 Å². The van der Waals surface area contributed by atoms with Crippen molar-refractivity contribution < 1.29 is 18.0 Å². The van der Waals surface area contributed by atoms with Gasteiger partial charge in [0.15, 0.2) is 0 Å². The first-order valence-electron chi connectivity index (χ1n) is 11.2. The number of amides is 2. The molecule has 1 heterocycles. The molecule has 0 radical (unpaired) electrons. The van der Waals surface area contributed by atoms with E-state index in [1.165, 1.54) is 35.6 Å². The molecular formula is C26H27N3O4S. The Kier molecular flexibility index (Phi) is 6.98. The second-order valence-electron chi connectivity index (χ2n) is 8.28. The fourth-order valence-electron chi connectivity index (χ4n) is 4.03. The molecule has 1 unspecified atom stereocenters. The number of carbonyl (C=O) groups is 2. The fourth-order valence-corrected chi connectivity index (χ4v) is 5.22. The number of hydrogen-bond donors (Lipinski definition) is 1. The summed E-state index contributed by atoms with van der Waals surface area (Å²) in [7, 11) is -2.26. The number of nitrogens with one attached hydrogen (secondary N) is 1. The van der Waals surface area contributed by atoms with Gasteiger partial charge in [-0.1, -0.05) is 36.4 Å². The summed E-state index contributed by atoms with van der Waals surface area (Å²) < 4.78 is 27.2. The van der Waals surface area contributed by atoms with Crippen molar-refractivity contribution in [3.05, 3.63) is 90.5 Å². The minimum atomic E-state index is -3.75. The Morgan fingerprint density at radius 1 is 0.912 bits per heavy atom. The van der Waals surface area contributed by atoms with Crippen molar-refractivity contribution in [3.63, 3.8) is 0 Å². The zero-order chi connectivity index (χ0) is 24.1. The molecule has 2 amide bonds. The van der Waals surface area contributed by atoms with Crippen LogP contribution >= 0.6 is 0 Å². The quantitative estimate of drug-likeness (QED) is 0.581. The largest absolute Gasteiger partial charge is 0.338 e. The highest BCUT2D eigenvalue weighted by molar-refractivity contribution is 7.92. The molecule has 3 aromatic rings. The van der Waals surface area contributed by atoms with Crippen molar-refractivity contribution in [2.75, 3.05) is 29.8 Å². The molecule has 1 aliphatic rings. The van der Waals surface area contributed by atoms with Crippen LogP contribution in [0.5, 0.6) is 0 Å². The Labute approximate surface area is 200 Å². The number of nitrogens with zero attached hydrogens (tertiary/aromatic N) is 2. The lowest BCUT2D eigenvalue weighted by Crippen LogP contribution is -2.43. The Morgan fingerprint density at radius 3 is 2.18 bits per heavy atom. The van der Waals surface area contributed by atoms with E-state index in [-0.39, 0.29) is 22.6 Å². The van der Waals surface area contributed by atoms with E-state index in [9.17, 15) is 18.0 Å². The molecule has 1 saturated heterocycles. The van der Waals surface area contributed by atoms with Crippen LogP contribution in [0.2, 0.25) is 0 Å². The van der Waals surface area contributed by atoms with Gasteiger partial charge in [0.2, 0.25) is 5.91 Å². The predicted molar refractivity (Wildman–Crippen MR) is 132 cm³/mol. The minimum absolute atomic E-state index is 0.103. The van der Waals surface area contributed by atoms with Crippen LogP contribution in [0.25, 0.3) is 0 Å². The maximum absolute atomic E-state index is 13.1. The van der Waals surface area contributed by atoms with Gasteiger partial charge in [0.25, 0.3) is 15.9 Å². The zero-order valence-electron chi connectivity index (χ0n) is 18.9. The highest BCUT2D eigenvalue weighted by Gasteiger charge is 2.29. The van der Waals surface area contributed by atoms with E-state index in [4.69, 9.17) is 0 Å². The lowest BCUT2D eigenvalue weighted by Gasteiger charge is -2.32. The van der Waals surface area contributed by atoms with Crippen LogP contribution in [0, 0.1) is 5.92 Å². The van der Waals surface area contributed by atoms with Gasteiger partial charge in [0.05, 0.1) is 16.5 Å². The number of para-hydroxylation sites is 2. The molecule has 3 aromatic carbocycles. The predicted octanol–water partition coefficient (Wildman–Crippen LogP) is 4.00. The number of anilines is 2. The van der Waals surface area contributed by atoms with E-state index in [1.807, 2.05) is 36.4 Å². The normalized spacial score (nSPS) is 16.0. The number of rotatable bonds is 6. The number of hydrogen-bond acceptors (Lipinski definition) is 4. The Hall–Kier alpha value is -3.65. The number of carbonyl (C=O) groups excluding carboxylic acids is 2. The third-order valence-corrected chi connectivity index (χ3v) is 7.80. The van der Waals surface area contributed by atoms with Gasteiger partial charge in [-0.05, 0) is 61.4 Å². The van der Waals surface area contributed by atoms with Gasteiger partial charge in [0.1, 0.15) is 0 Å². The molecule has 1 aliphatic heterocycles. The molecule has 8 heteroatoms. The van der Waals surface area contributed by atoms with Crippen LogP contribution in [0.1, 0.15) is 23.2 Å². The second kappa shape index (κ2) is 10.1. The topological polar surface area (TPSA) is 86.8 Å². The smallest absolute Gasteiger partial charge is 0.264 e. The van der Waals surface area contributed by atoms with E-state index in [1.54, 1.807) is 29.2 Å². The monoisotopic (exact) mass is 477 g/mol. The van der Waals surface area contributed by atoms with Crippen LogP contribution in [0.3, 0.4) is 0 Å². The average molecular weight is 478 g/mol. The standard InChI is InChI=1S/C26H27N3O4S/c1-28(23-12-6-3-7-13-23)34(32,33)24-16-14-20(15-17-24)26(31)29-18-8-9-21(19-29)25(30)27-22-10-4-2-5-11-22/h2-7,10-17,21H,8-9,18-19H2,1H3,(H,27,30). The molecular weight excluding hydrogens is 450 g/mol. The van der Waals surface area contributed by atoms with E-state index >= 15 is 0 Å². The highest BCUT2D eigenvalue weighted by Crippen LogP contribution is 2.24.